The number of likely N-dealkylation sites (tertiary alicyclic amines) is 1. The molecule has 3 rings (SSSR count). The highest BCUT2D eigenvalue weighted by atomic mass is 16.6. The summed E-state index contributed by atoms with van der Waals surface area (Å²) in [7, 11) is 0. The van der Waals surface area contributed by atoms with Crippen molar-refractivity contribution in [1.82, 2.24) is 10.3 Å². The van der Waals surface area contributed by atoms with Crippen molar-refractivity contribution < 1.29 is 14.3 Å². The Kier molecular flexibility index (Phi) is 6.42. The van der Waals surface area contributed by atoms with Crippen molar-refractivity contribution >= 4 is 23.4 Å². The summed E-state index contributed by atoms with van der Waals surface area (Å²) in [6, 6.07) is 19.5. The van der Waals surface area contributed by atoms with E-state index >= 15 is 0 Å². The summed E-state index contributed by atoms with van der Waals surface area (Å²) in [5, 5.41) is 1.81. The Morgan fingerprint density at radius 1 is 0.931 bits per heavy atom. The number of carbonyl (C=O) groups excluding carboxylic acids is 2. The Labute approximate surface area is 172 Å². The number of amides is 2. The third kappa shape index (κ3) is 5.73. The van der Waals surface area contributed by atoms with Crippen molar-refractivity contribution in [2.45, 2.75) is 39.2 Å². The van der Waals surface area contributed by atoms with Gasteiger partial charge in [0.2, 0.25) is 5.91 Å². The lowest BCUT2D eigenvalue weighted by molar-refractivity contribution is -0.126. The van der Waals surface area contributed by atoms with Crippen LogP contribution in [0.4, 0.5) is 16.2 Å². The smallest absolute Gasteiger partial charge is 0.410 e. The minimum Gasteiger partial charge on any atom is -0.444 e. The van der Waals surface area contributed by atoms with Crippen molar-refractivity contribution in [3.05, 3.63) is 60.7 Å². The Morgan fingerprint density at radius 2 is 1.41 bits per heavy atom. The molecule has 2 aromatic carbocycles. The van der Waals surface area contributed by atoms with Gasteiger partial charge in [-0.3, -0.25) is 15.2 Å². The van der Waals surface area contributed by atoms with Gasteiger partial charge in [-0.05, 0) is 57.9 Å². The molecule has 0 saturated carbocycles. The van der Waals surface area contributed by atoms with E-state index in [4.69, 9.17) is 4.74 Å². The first-order valence-electron chi connectivity index (χ1n) is 10.0. The van der Waals surface area contributed by atoms with E-state index in [1.165, 1.54) is 0 Å². The molecule has 1 N–H and O–H groups in total. The van der Waals surface area contributed by atoms with Crippen LogP contribution in [0.5, 0.6) is 0 Å². The van der Waals surface area contributed by atoms with Crippen LogP contribution in [0.2, 0.25) is 0 Å². The predicted molar refractivity (Wildman–Crippen MR) is 114 cm³/mol. The predicted octanol–water partition coefficient (Wildman–Crippen LogP) is 4.50. The highest BCUT2D eigenvalue weighted by molar-refractivity contribution is 5.83. The topological polar surface area (TPSA) is 61.9 Å². The lowest BCUT2D eigenvalue weighted by atomic mass is 9.96. The number of carbonyl (C=O) groups is 2. The van der Waals surface area contributed by atoms with Crippen LogP contribution in [0.15, 0.2) is 60.7 Å². The summed E-state index contributed by atoms with van der Waals surface area (Å²) in [4.78, 5) is 26.9. The molecule has 0 atom stereocenters. The number of nitrogens with zero attached hydrogens (tertiary/aromatic N) is 2. The van der Waals surface area contributed by atoms with E-state index in [0.717, 1.165) is 11.4 Å². The molecule has 0 radical (unpaired) electrons. The monoisotopic (exact) mass is 395 g/mol. The van der Waals surface area contributed by atoms with Gasteiger partial charge in [0.1, 0.15) is 5.60 Å². The third-order valence-corrected chi connectivity index (χ3v) is 4.77. The second kappa shape index (κ2) is 8.99. The minimum atomic E-state index is -0.517. The SMILES string of the molecule is CC(C)(C)OC(=O)N1CCC(C(=O)NN(c2ccccc2)c2ccccc2)CC1. The Morgan fingerprint density at radius 3 is 1.86 bits per heavy atom. The second-order valence-electron chi connectivity index (χ2n) is 8.22. The lowest BCUT2D eigenvalue weighted by Gasteiger charge is -2.34. The standard InChI is InChI=1S/C23H29N3O3/c1-23(2,3)29-22(28)25-16-14-18(15-17-25)21(27)24-26(19-10-6-4-7-11-19)20-12-8-5-9-13-20/h4-13,18H,14-17H2,1-3H3,(H,24,27). The van der Waals surface area contributed by atoms with Gasteiger partial charge >= 0.3 is 6.09 Å². The second-order valence-corrected chi connectivity index (χ2v) is 8.22. The molecule has 6 nitrogen and oxygen atoms in total. The van der Waals surface area contributed by atoms with E-state index in [-0.39, 0.29) is 17.9 Å². The van der Waals surface area contributed by atoms with Gasteiger partial charge in [-0.25, -0.2) is 4.79 Å². The summed E-state index contributed by atoms with van der Waals surface area (Å²) in [5.74, 6) is -0.190. The molecule has 0 aliphatic carbocycles. The summed E-state index contributed by atoms with van der Waals surface area (Å²) in [6.45, 7) is 6.60. The highest BCUT2D eigenvalue weighted by Crippen LogP contribution is 2.25. The van der Waals surface area contributed by atoms with Crippen molar-refractivity contribution in [2.75, 3.05) is 18.1 Å². The molecule has 29 heavy (non-hydrogen) atoms. The van der Waals surface area contributed by atoms with Crippen LogP contribution in [0.1, 0.15) is 33.6 Å². The maximum atomic E-state index is 13.0. The quantitative estimate of drug-likeness (QED) is 0.774. The van der Waals surface area contributed by atoms with Crippen LogP contribution in [0.3, 0.4) is 0 Å². The number of ether oxygens (including phenoxy) is 1. The van der Waals surface area contributed by atoms with Crippen molar-refractivity contribution in [3.8, 4) is 0 Å². The van der Waals surface area contributed by atoms with Gasteiger partial charge in [0, 0.05) is 19.0 Å². The lowest BCUT2D eigenvalue weighted by Crippen LogP contribution is -2.47. The third-order valence-electron chi connectivity index (χ3n) is 4.77. The zero-order valence-electron chi connectivity index (χ0n) is 17.3. The largest absolute Gasteiger partial charge is 0.444 e. The first-order valence-corrected chi connectivity index (χ1v) is 10.0. The maximum Gasteiger partial charge on any atom is 0.410 e. The zero-order valence-corrected chi connectivity index (χ0v) is 17.3. The number of piperidine rings is 1. The van der Waals surface area contributed by atoms with E-state index < -0.39 is 5.60 Å². The zero-order chi connectivity index (χ0) is 20.9. The first kappa shape index (κ1) is 20.7. The fourth-order valence-electron chi connectivity index (χ4n) is 3.28. The van der Waals surface area contributed by atoms with Crippen LogP contribution >= 0.6 is 0 Å². The van der Waals surface area contributed by atoms with Gasteiger partial charge in [-0.2, -0.15) is 0 Å². The summed E-state index contributed by atoms with van der Waals surface area (Å²) in [6.07, 6.45) is 0.914. The number of nitrogens with one attached hydrogen (secondary N) is 1. The van der Waals surface area contributed by atoms with Crippen molar-refractivity contribution in [3.63, 3.8) is 0 Å². The van der Waals surface area contributed by atoms with E-state index in [1.54, 1.807) is 4.90 Å². The van der Waals surface area contributed by atoms with Crippen LogP contribution in [-0.4, -0.2) is 35.6 Å². The van der Waals surface area contributed by atoms with Gasteiger partial charge < -0.3 is 9.64 Å². The number of anilines is 2. The molecule has 1 fully saturated rings. The number of hydrazine groups is 1. The number of hydrogen-bond donors (Lipinski definition) is 1. The molecule has 0 unspecified atom stereocenters. The van der Waals surface area contributed by atoms with Gasteiger partial charge in [-0.15, -0.1) is 0 Å². The number of para-hydroxylation sites is 2. The van der Waals surface area contributed by atoms with Crippen molar-refractivity contribution in [2.24, 2.45) is 5.92 Å². The molecule has 1 saturated heterocycles. The molecule has 0 aromatic heterocycles. The molecule has 2 amide bonds. The van der Waals surface area contributed by atoms with E-state index in [9.17, 15) is 9.59 Å². The van der Waals surface area contributed by atoms with Crippen LogP contribution in [-0.2, 0) is 9.53 Å². The highest BCUT2D eigenvalue weighted by Gasteiger charge is 2.30. The van der Waals surface area contributed by atoms with E-state index in [1.807, 2.05) is 86.4 Å². The molecule has 1 aliphatic heterocycles. The van der Waals surface area contributed by atoms with Crippen LogP contribution < -0.4 is 10.4 Å². The number of rotatable bonds is 4. The van der Waals surface area contributed by atoms with Crippen molar-refractivity contribution in [1.29, 1.82) is 0 Å². The van der Waals surface area contributed by atoms with Gasteiger partial charge in [0.25, 0.3) is 0 Å². The molecule has 6 heteroatoms. The normalized spacial score (nSPS) is 14.9. The molecule has 2 aromatic rings. The van der Waals surface area contributed by atoms with Gasteiger partial charge in [0.05, 0.1) is 11.4 Å². The van der Waals surface area contributed by atoms with Crippen LogP contribution in [0.25, 0.3) is 0 Å². The van der Waals surface area contributed by atoms with E-state index in [2.05, 4.69) is 5.43 Å². The summed E-state index contributed by atoms with van der Waals surface area (Å²) >= 11 is 0. The molecule has 1 aliphatic rings. The Bertz CT molecular complexity index is 771. The number of benzene rings is 2. The Hall–Kier alpha value is -3.02. The van der Waals surface area contributed by atoms with E-state index in [0.29, 0.717) is 25.9 Å². The van der Waals surface area contributed by atoms with Gasteiger partial charge in [0.15, 0.2) is 0 Å². The average Bonchev–Trinajstić information content (AvgIpc) is 2.72. The molecule has 154 valence electrons. The molecular formula is C23H29N3O3. The summed E-state index contributed by atoms with van der Waals surface area (Å²) in [5.41, 5.74) is 4.32. The van der Waals surface area contributed by atoms with Crippen LogP contribution in [0, 0.1) is 5.92 Å². The molecular weight excluding hydrogens is 366 g/mol. The first-order chi connectivity index (χ1) is 13.8. The van der Waals surface area contributed by atoms with Gasteiger partial charge in [-0.1, -0.05) is 36.4 Å². The fraction of sp³-hybridized carbons (Fsp3) is 0.391. The summed E-state index contributed by atoms with van der Waals surface area (Å²) < 4.78 is 5.43. The maximum absolute atomic E-state index is 13.0. The number of hydrogen-bond acceptors (Lipinski definition) is 4. The molecule has 1 heterocycles. The minimum absolute atomic E-state index is 0.0402. The Balaban J connectivity index is 1.63. The fourth-order valence-corrected chi connectivity index (χ4v) is 3.28. The molecule has 0 bridgehead atoms. The molecule has 0 spiro atoms. The average molecular weight is 396 g/mol.